The molecule has 0 fully saturated rings. The van der Waals surface area contributed by atoms with E-state index in [1.807, 2.05) is 44.2 Å². The van der Waals surface area contributed by atoms with Crippen LogP contribution in [0.1, 0.15) is 52.9 Å². The molecular weight excluding hydrogens is 530 g/mol. The number of anilines is 1. The van der Waals surface area contributed by atoms with Gasteiger partial charge in [-0.2, -0.15) is 0 Å². The summed E-state index contributed by atoms with van der Waals surface area (Å²) in [5.41, 5.74) is 12.5. The summed E-state index contributed by atoms with van der Waals surface area (Å²) in [4.78, 5) is 37.0. The second-order valence-corrected chi connectivity index (χ2v) is 11.4. The number of carbonyl (C=O) groups excluding carboxylic acids is 2. The summed E-state index contributed by atoms with van der Waals surface area (Å²) in [5.74, 6) is 1.48. The number of rotatable bonds is 10. The fraction of sp³-hybridized carbons (Fsp3) is 0.364. The third kappa shape index (κ3) is 5.20. The fourth-order valence-electron chi connectivity index (χ4n) is 5.56. The number of imide groups is 1. The van der Waals surface area contributed by atoms with Gasteiger partial charge in [-0.1, -0.05) is 18.2 Å². The Bertz CT molecular complexity index is 1670. The second kappa shape index (κ2) is 11.5. The molecule has 0 unspecified atom stereocenters. The number of hydrogen-bond acceptors (Lipinski definition) is 7. The Hall–Kier alpha value is -4.37. The molecule has 0 bridgehead atoms. The number of nitrogen functional groups attached to an aromatic ring is 1. The minimum absolute atomic E-state index is 0.228. The number of nitrogens with two attached hydrogens (primary N) is 1. The lowest BCUT2D eigenvalue weighted by Gasteiger charge is -2.37. The number of nitrogens with zero attached hydrogens (tertiary/aromatic N) is 2. The summed E-state index contributed by atoms with van der Waals surface area (Å²) in [6.45, 7) is 9.53. The van der Waals surface area contributed by atoms with Crippen LogP contribution in [0.5, 0.6) is 11.5 Å². The highest BCUT2D eigenvalue weighted by atomic mass is 16.5. The predicted molar refractivity (Wildman–Crippen MR) is 165 cm³/mol. The number of hydrogen-bond donors (Lipinski definition) is 3. The van der Waals surface area contributed by atoms with Crippen molar-refractivity contribution in [2.24, 2.45) is 0 Å². The maximum absolute atomic E-state index is 13.9. The normalized spacial score (nSPS) is 14.4. The van der Waals surface area contributed by atoms with E-state index < -0.39 is 5.41 Å². The summed E-state index contributed by atoms with van der Waals surface area (Å²) in [7, 11) is 3.24. The van der Waals surface area contributed by atoms with Crippen LogP contribution in [-0.4, -0.2) is 60.5 Å². The van der Waals surface area contributed by atoms with Gasteiger partial charge in [-0.15, -0.1) is 0 Å². The van der Waals surface area contributed by atoms with Crippen LogP contribution in [0.25, 0.3) is 22.4 Å². The molecule has 4 N–H and O–H groups in total. The third-order valence-electron chi connectivity index (χ3n) is 8.26. The molecule has 4 aromatic rings. The molecule has 9 nitrogen and oxygen atoms in total. The fourth-order valence-corrected chi connectivity index (χ4v) is 5.56. The maximum atomic E-state index is 13.9. The first kappa shape index (κ1) is 29.1. The zero-order chi connectivity index (χ0) is 30.2. The maximum Gasteiger partial charge on any atom is 0.263 e. The number of aromatic amines is 1. The van der Waals surface area contributed by atoms with Crippen molar-refractivity contribution in [3.8, 4) is 22.9 Å². The number of aryl methyl sites for hydroxylation is 2. The van der Waals surface area contributed by atoms with Gasteiger partial charge in [0.2, 0.25) is 5.91 Å². The van der Waals surface area contributed by atoms with Crippen molar-refractivity contribution < 1.29 is 19.1 Å². The molecule has 1 aliphatic heterocycles. The minimum atomic E-state index is -0.925. The van der Waals surface area contributed by atoms with Gasteiger partial charge < -0.3 is 25.5 Å². The highest BCUT2D eigenvalue weighted by molar-refractivity contribution is 6.19. The smallest absolute Gasteiger partial charge is 0.263 e. The molecule has 42 heavy (non-hydrogen) atoms. The highest BCUT2D eigenvalue weighted by Gasteiger charge is 2.46. The molecule has 0 spiro atoms. The van der Waals surface area contributed by atoms with Crippen molar-refractivity contribution >= 4 is 28.5 Å². The first-order valence-electron chi connectivity index (χ1n) is 14.2. The van der Waals surface area contributed by atoms with Crippen LogP contribution in [0.3, 0.4) is 0 Å². The van der Waals surface area contributed by atoms with Gasteiger partial charge in [-0.25, -0.2) is 4.98 Å². The molecule has 0 radical (unpaired) electrons. The van der Waals surface area contributed by atoms with Gasteiger partial charge in [0.1, 0.15) is 11.3 Å². The van der Waals surface area contributed by atoms with Crippen LogP contribution >= 0.6 is 0 Å². The Labute approximate surface area is 246 Å². The van der Waals surface area contributed by atoms with Crippen LogP contribution in [0.4, 0.5) is 5.69 Å². The monoisotopic (exact) mass is 569 g/mol. The average Bonchev–Trinajstić information content (AvgIpc) is 3.43. The number of amides is 2. The van der Waals surface area contributed by atoms with Gasteiger partial charge >= 0.3 is 0 Å². The topological polar surface area (TPSA) is 123 Å². The number of carbonyl (C=O) groups is 2. The van der Waals surface area contributed by atoms with Crippen molar-refractivity contribution in [3.05, 3.63) is 70.3 Å². The van der Waals surface area contributed by atoms with Gasteiger partial charge in [0.05, 0.1) is 36.4 Å². The number of H-pyrrole nitrogens is 1. The van der Waals surface area contributed by atoms with E-state index in [-0.39, 0.29) is 11.8 Å². The molecule has 0 atom stereocenters. The Morgan fingerprint density at radius 1 is 0.976 bits per heavy atom. The van der Waals surface area contributed by atoms with Crippen molar-refractivity contribution in [2.75, 3.05) is 39.6 Å². The van der Waals surface area contributed by atoms with E-state index in [1.54, 1.807) is 20.3 Å². The number of ether oxygens (including phenoxy) is 2. The zero-order valence-corrected chi connectivity index (χ0v) is 25.2. The molecule has 2 amide bonds. The molecule has 220 valence electrons. The summed E-state index contributed by atoms with van der Waals surface area (Å²) < 4.78 is 10.7. The third-order valence-corrected chi connectivity index (χ3v) is 8.26. The van der Waals surface area contributed by atoms with Gasteiger partial charge in [-0.3, -0.25) is 14.5 Å². The SMILES string of the molecule is COc1ccc(CCNCCCN2C(=O)c3c(cc(N)c4[nH]c(-c5ccc(C)c(C)c5)nc34)C(C)(C)C2=O)cc1OC. The molecule has 0 saturated carbocycles. The second-order valence-electron chi connectivity index (χ2n) is 11.4. The highest BCUT2D eigenvalue weighted by Crippen LogP contribution is 2.40. The molecule has 2 heterocycles. The van der Waals surface area contributed by atoms with Crippen molar-refractivity contribution in [1.82, 2.24) is 20.2 Å². The molecular formula is C33H39N5O4. The standard InChI is InChI=1S/C33H39N5O4/c1-19-8-10-22(16-20(19)2)30-36-28-24(34)18-23-27(29(28)37-30)31(39)38(32(40)33(23,3)4)15-7-13-35-14-12-21-9-11-25(41-5)26(17-21)42-6/h8-11,16-18,35H,7,12-15,34H2,1-6H3,(H,36,37). The van der Waals surface area contributed by atoms with E-state index in [0.29, 0.717) is 64.7 Å². The largest absolute Gasteiger partial charge is 0.493 e. The van der Waals surface area contributed by atoms with Crippen LogP contribution < -0.4 is 20.5 Å². The Morgan fingerprint density at radius 2 is 1.74 bits per heavy atom. The van der Waals surface area contributed by atoms with Crippen LogP contribution in [0.15, 0.2) is 42.5 Å². The van der Waals surface area contributed by atoms with E-state index >= 15 is 0 Å². The minimum Gasteiger partial charge on any atom is -0.493 e. The van der Waals surface area contributed by atoms with Crippen LogP contribution in [0.2, 0.25) is 0 Å². The summed E-state index contributed by atoms with van der Waals surface area (Å²) in [6, 6.07) is 13.8. The summed E-state index contributed by atoms with van der Waals surface area (Å²) in [5, 5.41) is 3.42. The molecule has 3 aromatic carbocycles. The van der Waals surface area contributed by atoms with Crippen molar-refractivity contribution in [3.63, 3.8) is 0 Å². The Kier molecular flexibility index (Phi) is 7.97. The van der Waals surface area contributed by atoms with E-state index in [9.17, 15) is 9.59 Å². The van der Waals surface area contributed by atoms with E-state index in [2.05, 4.69) is 30.2 Å². The van der Waals surface area contributed by atoms with Gasteiger partial charge in [-0.05, 0) is 100 Å². The Morgan fingerprint density at radius 3 is 2.45 bits per heavy atom. The lowest BCUT2D eigenvalue weighted by molar-refractivity contribution is -0.134. The van der Waals surface area contributed by atoms with Crippen molar-refractivity contribution in [2.45, 2.75) is 46.0 Å². The number of fused-ring (bicyclic) bond motifs is 3. The quantitative estimate of drug-likeness (QED) is 0.141. The van der Waals surface area contributed by atoms with Gasteiger partial charge in [0, 0.05) is 12.1 Å². The van der Waals surface area contributed by atoms with Crippen LogP contribution in [-0.2, 0) is 16.6 Å². The first-order valence-corrected chi connectivity index (χ1v) is 14.2. The van der Waals surface area contributed by atoms with Gasteiger partial charge in [0.25, 0.3) is 5.91 Å². The molecule has 0 aliphatic carbocycles. The van der Waals surface area contributed by atoms with Crippen molar-refractivity contribution in [1.29, 1.82) is 0 Å². The van der Waals surface area contributed by atoms with E-state index in [1.165, 1.54) is 10.5 Å². The number of imidazole rings is 1. The number of benzene rings is 3. The lowest BCUT2D eigenvalue weighted by Crippen LogP contribution is -2.52. The summed E-state index contributed by atoms with van der Waals surface area (Å²) >= 11 is 0. The van der Waals surface area contributed by atoms with E-state index in [4.69, 9.17) is 20.2 Å². The number of methoxy groups -OCH3 is 2. The molecule has 1 aliphatic rings. The van der Waals surface area contributed by atoms with Crippen LogP contribution in [0, 0.1) is 13.8 Å². The molecule has 5 rings (SSSR count). The van der Waals surface area contributed by atoms with Gasteiger partial charge in [0.15, 0.2) is 11.5 Å². The molecule has 9 heteroatoms. The number of nitrogens with one attached hydrogen (secondary N) is 2. The predicted octanol–water partition coefficient (Wildman–Crippen LogP) is 4.93. The zero-order valence-electron chi connectivity index (χ0n) is 25.2. The number of aromatic nitrogens is 2. The average molecular weight is 570 g/mol. The molecule has 0 saturated heterocycles. The Balaban J connectivity index is 1.31. The summed E-state index contributed by atoms with van der Waals surface area (Å²) in [6.07, 6.45) is 1.44. The first-order chi connectivity index (χ1) is 20.1. The lowest BCUT2D eigenvalue weighted by atomic mass is 9.76. The molecule has 1 aromatic heterocycles. The van der Waals surface area contributed by atoms with E-state index in [0.717, 1.165) is 29.7 Å².